The fourth-order valence-electron chi connectivity index (χ4n) is 5.79. The molecule has 1 aromatic carbocycles. The van der Waals surface area contributed by atoms with Crippen molar-refractivity contribution in [1.82, 2.24) is 15.3 Å². The smallest absolute Gasteiger partial charge is 0.319 e. The number of para-hydroxylation sites is 1. The Balaban J connectivity index is 1.29. The van der Waals surface area contributed by atoms with Crippen molar-refractivity contribution in [1.29, 1.82) is 0 Å². The first-order valence-electron chi connectivity index (χ1n) is 14.2. The Morgan fingerprint density at radius 1 is 0.973 bits per heavy atom. The van der Waals surface area contributed by atoms with Gasteiger partial charge in [-0.25, -0.2) is 9.78 Å². The maximum Gasteiger partial charge on any atom is 0.319 e. The van der Waals surface area contributed by atoms with E-state index in [2.05, 4.69) is 80.8 Å². The van der Waals surface area contributed by atoms with E-state index >= 15 is 0 Å². The van der Waals surface area contributed by atoms with Gasteiger partial charge in [-0.1, -0.05) is 45.9 Å². The average molecular weight is 507 g/mol. The van der Waals surface area contributed by atoms with E-state index in [1.54, 1.807) is 0 Å². The molecule has 0 unspecified atom stereocenters. The summed E-state index contributed by atoms with van der Waals surface area (Å²) in [5.41, 5.74) is 5.90. The number of benzene rings is 1. The number of amides is 2. The highest BCUT2D eigenvalue weighted by Crippen LogP contribution is 2.33. The van der Waals surface area contributed by atoms with Gasteiger partial charge >= 0.3 is 6.03 Å². The topological polar surface area (TPSA) is 82.2 Å². The molecule has 7 heteroatoms. The molecule has 1 aromatic heterocycles. The maximum atomic E-state index is 12.9. The quantitative estimate of drug-likeness (QED) is 0.383. The average Bonchev–Trinajstić information content (AvgIpc) is 2.87. The lowest BCUT2D eigenvalue weighted by molar-refractivity contribution is 0.246. The number of hydrogen-bond acceptors (Lipinski definition) is 5. The minimum absolute atomic E-state index is 0.103. The normalized spacial score (nSPS) is 19.5. The minimum atomic E-state index is -0.103. The number of nitrogens with one attached hydrogen (secondary N) is 3. The highest BCUT2D eigenvalue weighted by Gasteiger charge is 2.25. The molecule has 2 aromatic rings. The summed E-state index contributed by atoms with van der Waals surface area (Å²) in [7, 11) is 4.14. The third kappa shape index (κ3) is 6.74. The van der Waals surface area contributed by atoms with Crippen LogP contribution in [0.2, 0.25) is 0 Å². The van der Waals surface area contributed by atoms with E-state index in [1.807, 2.05) is 0 Å². The van der Waals surface area contributed by atoms with Crippen LogP contribution in [0, 0.1) is 5.92 Å². The molecule has 1 heterocycles. The fourth-order valence-corrected chi connectivity index (χ4v) is 5.79. The van der Waals surface area contributed by atoms with Crippen LogP contribution in [0.5, 0.6) is 0 Å². The summed E-state index contributed by atoms with van der Waals surface area (Å²) in [6.07, 6.45) is 8.88. The highest BCUT2D eigenvalue weighted by atomic mass is 16.2. The number of carbonyl (C=O) groups excluding carboxylic acids is 1. The number of nitrogens with zero attached hydrogens (tertiary/aromatic N) is 3. The predicted octanol–water partition coefficient (Wildman–Crippen LogP) is 6.46. The Bertz CT molecular complexity index is 1050. The van der Waals surface area contributed by atoms with Crippen molar-refractivity contribution >= 4 is 23.5 Å². The zero-order valence-corrected chi connectivity index (χ0v) is 23.7. The van der Waals surface area contributed by atoms with Crippen molar-refractivity contribution in [3.05, 3.63) is 40.6 Å². The van der Waals surface area contributed by atoms with Crippen molar-refractivity contribution in [3.8, 4) is 0 Å². The molecule has 2 amide bonds. The van der Waals surface area contributed by atoms with Crippen LogP contribution in [0.25, 0.3) is 0 Å². The van der Waals surface area contributed by atoms with E-state index in [4.69, 9.17) is 9.97 Å². The zero-order chi connectivity index (χ0) is 26.5. The van der Waals surface area contributed by atoms with Gasteiger partial charge in [0.25, 0.3) is 0 Å². The fraction of sp³-hybridized carbons (Fsp3) is 0.633. The van der Waals surface area contributed by atoms with Gasteiger partial charge in [0, 0.05) is 37.9 Å². The van der Waals surface area contributed by atoms with Crippen LogP contribution in [0.3, 0.4) is 0 Å². The van der Waals surface area contributed by atoms with Gasteiger partial charge in [-0.3, -0.25) is 0 Å². The first-order valence-corrected chi connectivity index (χ1v) is 14.2. The van der Waals surface area contributed by atoms with Crippen LogP contribution in [-0.4, -0.2) is 42.7 Å². The van der Waals surface area contributed by atoms with Gasteiger partial charge in [-0.15, -0.1) is 0 Å². The van der Waals surface area contributed by atoms with Crippen LogP contribution in [0.4, 0.5) is 22.2 Å². The molecule has 0 radical (unpaired) electrons. The van der Waals surface area contributed by atoms with Gasteiger partial charge in [0.15, 0.2) is 0 Å². The summed E-state index contributed by atoms with van der Waals surface area (Å²) in [5, 5.41) is 9.96. The van der Waals surface area contributed by atoms with Gasteiger partial charge in [0.1, 0.15) is 5.82 Å². The largest absolute Gasteiger partial charge is 0.362 e. The summed E-state index contributed by atoms with van der Waals surface area (Å²) in [4.78, 5) is 24.7. The van der Waals surface area contributed by atoms with Crippen LogP contribution >= 0.6 is 0 Å². The van der Waals surface area contributed by atoms with Crippen molar-refractivity contribution in [2.24, 2.45) is 5.92 Å². The molecule has 0 aliphatic heterocycles. The van der Waals surface area contributed by atoms with Gasteiger partial charge in [-0.2, -0.15) is 4.98 Å². The van der Waals surface area contributed by atoms with E-state index < -0.39 is 0 Å². The van der Waals surface area contributed by atoms with Crippen LogP contribution < -0.4 is 20.9 Å². The summed E-state index contributed by atoms with van der Waals surface area (Å²) in [6, 6.07) is 6.61. The second-order valence-corrected chi connectivity index (χ2v) is 11.7. The lowest BCUT2D eigenvalue weighted by atomic mass is 9.86. The molecule has 2 aliphatic rings. The van der Waals surface area contributed by atoms with Crippen LogP contribution in [0.15, 0.2) is 18.2 Å². The number of fused-ring (bicyclic) bond motifs is 1. The molecule has 37 heavy (non-hydrogen) atoms. The number of rotatable bonds is 8. The van der Waals surface area contributed by atoms with Crippen molar-refractivity contribution in [2.75, 3.05) is 36.2 Å². The standard InChI is InChI=1S/C30H46N6O/c1-19(2)23-11-9-12-24(20(3)4)27(23)34-30(37)31-18-21-14-16-22(17-15-21)32-29-33-26-13-8-7-10-25(26)28(35-29)36(5)6/h9,11-12,19-22H,7-8,10,13-18H2,1-6H3,(H2,31,34,37)(H,32,33,35)/t21-,22+. The molecule has 0 atom stereocenters. The zero-order valence-electron chi connectivity index (χ0n) is 23.7. The molecule has 1 fully saturated rings. The Hall–Kier alpha value is -2.83. The third-order valence-electron chi connectivity index (χ3n) is 7.93. The Morgan fingerprint density at radius 3 is 2.24 bits per heavy atom. The first kappa shape index (κ1) is 27.2. The number of aromatic nitrogens is 2. The number of hydrogen-bond donors (Lipinski definition) is 3. The van der Waals surface area contributed by atoms with E-state index in [9.17, 15) is 4.79 Å². The number of carbonyl (C=O) groups is 1. The third-order valence-corrected chi connectivity index (χ3v) is 7.93. The van der Waals surface area contributed by atoms with Gasteiger partial charge in [0.2, 0.25) is 5.95 Å². The molecule has 0 spiro atoms. The van der Waals surface area contributed by atoms with Crippen molar-refractivity contribution in [3.63, 3.8) is 0 Å². The molecule has 0 saturated heterocycles. The van der Waals surface area contributed by atoms with E-state index in [0.29, 0.717) is 30.3 Å². The van der Waals surface area contributed by atoms with Gasteiger partial charge in [0.05, 0.1) is 5.69 Å². The van der Waals surface area contributed by atoms with Crippen molar-refractivity contribution in [2.45, 2.75) is 96.9 Å². The second-order valence-electron chi connectivity index (χ2n) is 11.7. The first-order chi connectivity index (χ1) is 17.7. The Kier molecular flexibility index (Phi) is 8.93. The summed E-state index contributed by atoms with van der Waals surface area (Å²) >= 11 is 0. The van der Waals surface area contributed by atoms with Crippen molar-refractivity contribution < 1.29 is 4.79 Å². The summed E-state index contributed by atoms with van der Waals surface area (Å²) < 4.78 is 0. The van der Waals surface area contributed by atoms with E-state index in [-0.39, 0.29) is 6.03 Å². The Morgan fingerprint density at radius 2 is 1.62 bits per heavy atom. The maximum absolute atomic E-state index is 12.9. The molecular weight excluding hydrogens is 460 g/mol. The second kappa shape index (κ2) is 12.1. The number of urea groups is 1. The lowest BCUT2D eigenvalue weighted by Gasteiger charge is -2.30. The summed E-state index contributed by atoms with van der Waals surface area (Å²) in [5.74, 6) is 3.04. The van der Waals surface area contributed by atoms with Gasteiger partial charge < -0.3 is 20.9 Å². The molecule has 0 bridgehead atoms. The van der Waals surface area contributed by atoms with Gasteiger partial charge in [-0.05, 0) is 80.2 Å². The SMILES string of the molecule is CC(C)c1cccc(C(C)C)c1NC(=O)NC[C@H]1CC[C@@H](Nc2nc3c(c(N(C)C)n2)CCCC3)CC1. The minimum Gasteiger partial charge on any atom is -0.362 e. The predicted molar refractivity (Wildman–Crippen MR) is 154 cm³/mol. The number of aryl methyl sites for hydroxylation is 1. The highest BCUT2D eigenvalue weighted by molar-refractivity contribution is 5.91. The molecular formula is C30H46N6O. The molecule has 202 valence electrons. The molecule has 3 N–H and O–H groups in total. The summed E-state index contributed by atoms with van der Waals surface area (Å²) in [6.45, 7) is 9.40. The van der Waals surface area contributed by atoms with E-state index in [1.165, 1.54) is 35.2 Å². The molecule has 1 saturated carbocycles. The molecule has 4 rings (SSSR count). The van der Waals surface area contributed by atoms with Crippen LogP contribution in [-0.2, 0) is 12.8 Å². The lowest BCUT2D eigenvalue weighted by Crippen LogP contribution is -2.36. The number of anilines is 3. The van der Waals surface area contributed by atoms with E-state index in [0.717, 1.165) is 56.0 Å². The Labute approximate surface area is 223 Å². The van der Waals surface area contributed by atoms with Crippen LogP contribution in [0.1, 0.15) is 100 Å². The molecule has 7 nitrogen and oxygen atoms in total. The monoisotopic (exact) mass is 506 g/mol. The molecule has 2 aliphatic carbocycles.